The minimum atomic E-state index is -0.184. The van der Waals surface area contributed by atoms with Gasteiger partial charge in [-0.3, -0.25) is 0 Å². The summed E-state index contributed by atoms with van der Waals surface area (Å²) in [5.41, 5.74) is 7.09. The predicted molar refractivity (Wildman–Crippen MR) is 78.6 cm³/mol. The molecule has 1 aromatic heterocycles. The van der Waals surface area contributed by atoms with Crippen molar-refractivity contribution in [2.45, 2.75) is 52.6 Å². The molecule has 1 fully saturated rings. The fourth-order valence-corrected chi connectivity index (χ4v) is 3.48. The molecule has 3 unspecified atom stereocenters. The van der Waals surface area contributed by atoms with E-state index in [1.807, 2.05) is 12.1 Å². The standard InChI is InChI=1S/C16H26N2O/c1-11-6-7-13(14(19)9-11)16(2,3)10-12-5-4-8-18-15(12)17/h4-5,8,11,13-14,19H,6-7,9-10H2,1-3H3,(H2,17,18). The van der Waals surface area contributed by atoms with E-state index in [1.165, 1.54) is 6.42 Å². The lowest BCUT2D eigenvalue weighted by molar-refractivity contribution is -0.0125. The molecule has 3 nitrogen and oxygen atoms in total. The number of nitrogen functional groups attached to an aromatic ring is 1. The maximum absolute atomic E-state index is 10.4. The van der Waals surface area contributed by atoms with Crippen molar-refractivity contribution >= 4 is 5.82 Å². The zero-order chi connectivity index (χ0) is 14.0. The van der Waals surface area contributed by atoms with E-state index in [9.17, 15) is 5.11 Å². The van der Waals surface area contributed by atoms with Crippen LogP contribution in [0.25, 0.3) is 0 Å². The number of rotatable bonds is 3. The Morgan fingerprint density at radius 1 is 1.42 bits per heavy atom. The minimum Gasteiger partial charge on any atom is -0.393 e. The second kappa shape index (κ2) is 5.49. The number of aliphatic hydroxyl groups excluding tert-OH is 1. The number of hydrogen-bond acceptors (Lipinski definition) is 3. The van der Waals surface area contributed by atoms with Crippen molar-refractivity contribution in [1.82, 2.24) is 4.98 Å². The van der Waals surface area contributed by atoms with Gasteiger partial charge in [0, 0.05) is 6.20 Å². The van der Waals surface area contributed by atoms with Crippen LogP contribution in [-0.4, -0.2) is 16.2 Å². The SMILES string of the molecule is CC1CCC(C(C)(C)Cc2cccnc2N)C(O)C1. The highest BCUT2D eigenvalue weighted by Gasteiger charge is 2.38. The first kappa shape index (κ1) is 14.3. The highest BCUT2D eigenvalue weighted by molar-refractivity contribution is 5.39. The number of pyridine rings is 1. The molecule has 1 heterocycles. The number of nitrogens with two attached hydrogens (primary N) is 1. The van der Waals surface area contributed by atoms with E-state index in [-0.39, 0.29) is 11.5 Å². The Balaban J connectivity index is 2.12. The minimum absolute atomic E-state index is 0.0523. The molecule has 0 aromatic carbocycles. The first-order chi connectivity index (χ1) is 8.90. The van der Waals surface area contributed by atoms with Gasteiger partial charge >= 0.3 is 0 Å². The average molecular weight is 262 g/mol. The summed E-state index contributed by atoms with van der Waals surface area (Å²) in [6, 6.07) is 3.98. The third-order valence-corrected chi connectivity index (χ3v) is 4.65. The Kier molecular flexibility index (Phi) is 4.14. The Morgan fingerprint density at radius 3 is 2.79 bits per heavy atom. The van der Waals surface area contributed by atoms with E-state index in [0.29, 0.717) is 17.7 Å². The van der Waals surface area contributed by atoms with Gasteiger partial charge in [-0.15, -0.1) is 0 Å². The van der Waals surface area contributed by atoms with E-state index < -0.39 is 0 Å². The largest absolute Gasteiger partial charge is 0.393 e. The van der Waals surface area contributed by atoms with Crippen LogP contribution in [0.5, 0.6) is 0 Å². The van der Waals surface area contributed by atoms with Gasteiger partial charge in [-0.1, -0.05) is 33.3 Å². The molecule has 3 atom stereocenters. The van der Waals surface area contributed by atoms with E-state index in [4.69, 9.17) is 5.73 Å². The quantitative estimate of drug-likeness (QED) is 0.880. The number of nitrogens with zero attached hydrogens (tertiary/aromatic N) is 1. The molecule has 3 heteroatoms. The Bertz CT molecular complexity index is 431. The van der Waals surface area contributed by atoms with Crippen molar-refractivity contribution in [3.8, 4) is 0 Å². The Hall–Kier alpha value is -1.09. The zero-order valence-electron chi connectivity index (χ0n) is 12.3. The number of hydrogen-bond donors (Lipinski definition) is 2. The molecule has 1 aromatic rings. The molecule has 3 N–H and O–H groups in total. The molecular weight excluding hydrogens is 236 g/mol. The van der Waals surface area contributed by atoms with Crippen LogP contribution in [0.15, 0.2) is 18.3 Å². The van der Waals surface area contributed by atoms with Gasteiger partial charge in [-0.25, -0.2) is 4.98 Å². The third kappa shape index (κ3) is 3.27. The third-order valence-electron chi connectivity index (χ3n) is 4.65. The maximum atomic E-state index is 10.4. The van der Waals surface area contributed by atoms with Crippen molar-refractivity contribution < 1.29 is 5.11 Å². The highest BCUT2D eigenvalue weighted by Crippen LogP contribution is 2.42. The van der Waals surface area contributed by atoms with Crippen molar-refractivity contribution in [2.24, 2.45) is 17.3 Å². The normalized spacial score (nSPS) is 28.3. The van der Waals surface area contributed by atoms with Crippen molar-refractivity contribution in [3.63, 3.8) is 0 Å². The van der Waals surface area contributed by atoms with Gasteiger partial charge in [-0.05, 0) is 48.1 Å². The van der Waals surface area contributed by atoms with Crippen molar-refractivity contribution in [1.29, 1.82) is 0 Å². The second-order valence-electron chi connectivity index (χ2n) is 6.81. The van der Waals surface area contributed by atoms with Gasteiger partial charge in [0.1, 0.15) is 5.82 Å². The molecule has 0 saturated heterocycles. The second-order valence-corrected chi connectivity index (χ2v) is 6.81. The summed E-state index contributed by atoms with van der Waals surface area (Å²) in [4.78, 5) is 4.15. The van der Waals surface area contributed by atoms with Gasteiger partial charge in [0.25, 0.3) is 0 Å². The maximum Gasteiger partial charge on any atom is 0.126 e. The summed E-state index contributed by atoms with van der Waals surface area (Å²) in [6.45, 7) is 6.71. The van der Waals surface area contributed by atoms with E-state index in [1.54, 1.807) is 6.20 Å². The van der Waals surface area contributed by atoms with Crippen LogP contribution < -0.4 is 5.73 Å². The van der Waals surface area contributed by atoms with Crippen molar-refractivity contribution in [3.05, 3.63) is 23.9 Å². The van der Waals surface area contributed by atoms with Crippen LogP contribution in [0, 0.1) is 17.3 Å². The molecule has 0 aliphatic heterocycles. The molecule has 2 rings (SSSR count). The first-order valence-corrected chi connectivity index (χ1v) is 7.27. The van der Waals surface area contributed by atoms with Gasteiger partial charge in [0.05, 0.1) is 6.10 Å². The zero-order valence-corrected chi connectivity index (χ0v) is 12.3. The molecule has 106 valence electrons. The summed E-state index contributed by atoms with van der Waals surface area (Å²) in [7, 11) is 0. The Labute approximate surface area is 116 Å². The summed E-state index contributed by atoms with van der Waals surface area (Å²) in [6.07, 6.45) is 5.67. The van der Waals surface area contributed by atoms with Gasteiger partial charge in [0.15, 0.2) is 0 Å². The molecule has 0 radical (unpaired) electrons. The van der Waals surface area contributed by atoms with Crippen LogP contribution in [0.4, 0.5) is 5.82 Å². The molecule has 1 saturated carbocycles. The Morgan fingerprint density at radius 2 is 2.16 bits per heavy atom. The summed E-state index contributed by atoms with van der Waals surface area (Å²) < 4.78 is 0. The molecule has 0 spiro atoms. The molecule has 0 amide bonds. The van der Waals surface area contributed by atoms with E-state index >= 15 is 0 Å². The smallest absolute Gasteiger partial charge is 0.126 e. The number of aliphatic hydroxyl groups is 1. The van der Waals surface area contributed by atoms with Crippen LogP contribution in [-0.2, 0) is 6.42 Å². The lowest BCUT2D eigenvalue weighted by Gasteiger charge is -2.42. The van der Waals surface area contributed by atoms with Gasteiger partial charge in [0.2, 0.25) is 0 Å². The van der Waals surface area contributed by atoms with Crippen LogP contribution >= 0.6 is 0 Å². The number of anilines is 1. The summed E-state index contributed by atoms with van der Waals surface area (Å²) >= 11 is 0. The van der Waals surface area contributed by atoms with E-state index in [2.05, 4.69) is 25.8 Å². The van der Waals surface area contributed by atoms with Crippen LogP contribution in [0.2, 0.25) is 0 Å². The first-order valence-electron chi connectivity index (χ1n) is 7.27. The fourth-order valence-electron chi connectivity index (χ4n) is 3.48. The lowest BCUT2D eigenvalue weighted by atomic mass is 9.65. The van der Waals surface area contributed by atoms with Crippen LogP contribution in [0.1, 0.15) is 45.6 Å². The molecule has 0 bridgehead atoms. The van der Waals surface area contributed by atoms with Crippen LogP contribution in [0.3, 0.4) is 0 Å². The topological polar surface area (TPSA) is 59.1 Å². The molecule has 1 aliphatic rings. The van der Waals surface area contributed by atoms with E-state index in [0.717, 1.165) is 24.8 Å². The molecular formula is C16H26N2O. The summed E-state index contributed by atoms with van der Waals surface area (Å²) in [5.74, 6) is 1.61. The van der Waals surface area contributed by atoms with Gasteiger partial charge in [-0.2, -0.15) is 0 Å². The monoisotopic (exact) mass is 262 g/mol. The fraction of sp³-hybridized carbons (Fsp3) is 0.688. The number of aromatic nitrogens is 1. The molecule has 1 aliphatic carbocycles. The van der Waals surface area contributed by atoms with Gasteiger partial charge < -0.3 is 10.8 Å². The average Bonchev–Trinajstić information content (AvgIpc) is 2.31. The molecule has 19 heavy (non-hydrogen) atoms. The lowest BCUT2D eigenvalue weighted by Crippen LogP contribution is -2.39. The summed E-state index contributed by atoms with van der Waals surface area (Å²) in [5, 5.41) is 10.4. The van der Waals surface area contributed by atoms with Crippen molar-refractivity contribution in [2.75, 3.05) is 5.73 Å². The highest BCUT2D eigenvalue weighted by atomic mass is 16.3. The predicted octanol–water partition coefficient (Wildman–Crippen LogP) is 3.03.